The lowest BCUT2D eigenvalue weighted by Gasteiger charge is -2.25. The van der Waals surface area contributed by atoms with Crippen LogP contribution in [0.4, 0.5) is 0 Å². The number of hydrogen-bond acceptors (Lipinski definition) is 6. The molecule has 192 valence electrons. The van der Waals surface area contributed by atoms with Gasteiger partial charge in [0.25, 0.3) is 0 Å². The topological polar surface area (TPSA) is 147 Å². The van der Waals surface area contributed by atoms with Gasteiger partial charge in [0.1, 0.15) is 5.78 Å². The van der Waals surface area contributed by atoms with E-state index in [1.54, 1.807) is 51.1 Å². The van der Waals surface area contributed by atoms with Crippen molar-refractivity contribution in [3.63, 3.8) is 0 Å². The molecule has 0 aliphatic carbocycles. The van der Waals surface area contributed by atoms with Crippen LogP contribution in [-0.4, -0.2) is 52.3 Å². The molecule has 0 aromatic heterocycles. The fourth-order valence-electron chi connectivity index (χ4n) is 3.80. The minimum absolute atomic E-state index is 0.0176. The average Bonchev–Trinajstić information content (AvgIpc) is 2.75. The Labute approximate surface area is 206 Å². The first kappa shape index (κ1) is 29.7. The summed E-state index contributed by atoms with van der Waals surface area (Å²) in [5, 5.41) is 14.6. The predicted molar refractivity (Wildman–Crippen MR) is 129 cm³/mol. The highest BCUT2D eigenvalue weighted by atomic mass is 16.4. The van der Waals surface area contributed by atoms with Gasteiger partial charge in [0.15, 0.2) is 11.6 Å². The Morgan fingerprint density at radius 1 is 0.829 bits per heavy atom. The lowest BCUT2D eigenvalue weighted by molar-refractivity contribution is -0.142. The number of carbonyl (C=O) groups is 6. The normalized spacial score (nSPS) is 14.3. The second-order valence-electron chi connectivity index (χ2n) is 9.36. The number of benzene rings is 1. The summed E-state index contributed by atoms with van der Waals surface area (Å²) in [4.78, 5) is 73.5. The number of carboxylic acids is 1. The number of aliphatic carboxylic acids is 1. The van der Waals surface area contributed by atoms with E-state index in [4.69, 9.17) is 0 Å². The van der Waals surface area contributed by atoms with Crippen LogP contribution in [0.25, 0.3) is 0 Å². The predicted octanol–water partition coefficient (Wildman–Crippen LogP) is 2.11. The summed E-state index contributed by atoms with van der Waals surface area (Å²) in [5.41, 5.74) is 0.765. The maximum atomic E-state index is 13.3. The van der Waals surface area contributed by atoms with Crippen LogP contribution in [0.15, 0.2) is 30.3 Å². The zero-order valence-corrected chi connectivity index (χ0v) is 21.0. The molecule has 0 bridgehead atoms. The van der Waals surface area contributed by atoms with Gasteiger partial charge in [0, 0.05) is 18.8 Å². The van der Waals surface area contributed by atoms with Crippen LogP contribution in [0.2, 0.25) is 0 Å². The first-order valence-electron chi connectivity index (χ1n) is 11.7. The van der Waals surface area contributed by atoms with Crippen molar-refractivity contribution in [3.8, 4) is 0 Å². The molecule has 9 nitrogen and oxygen atoms in total. The largest absolute Gasteiger partial charge is 0.481 e. The number of hydrogen-bond donors (Lipinski definition) is 3. The number of rotatable bonds is 15. The van der Waals surface area contributed by atoms with E-state index in [1.165, 1.54) is 13.8 Å². The molecule has 0 aliphatic heterocycles. The van der Waals surface area contributed by atoms with Crippen molar-refractivity contribution >= 4 is 35.1 Å². The highest BCUT2D eigenvalue weighted by Crippen LogP contribution is 2.16. The maximum Gasteiger partial charge on any atom is 0.304 e. The lowest BCUT2D eigenvalue weighted by atomic mass is 9.90. The highest BCUT2D eigenvalue weighted by Gasteiger charge is 2.32. The van der Waals surface area contributed by atoms with Gasteiger partial charge in [0.05, 0.1) is 24.4 Å². The molecule has 0 aliphatic rings. The minimum atomic E-state index is -1.26. The summed E-state index contributed by atoms with van der Waals surface area (Å²) in [6.07, 6.45) is -0.877. The molecule has 0 spiro atoms. The molecule has 1 rings (SSSR count). The molecule has 4 atom stereocenters. The van der Waals surface area contributed by atoms with E-state index < -0.39 is 60.3 Å². The number of carboxylic acid groups (broad SMARTS) is 1. The Bertz CT molecular complexity index is 927. The SMILES string of the molecule is CC(=O)CC(C)C(=O)N[C@@H](Cc1ccccc1)C(=O)C[C@@H](CC(=O)O)C(=O)N[C@H](C(C)=O)C(C)C. The van der Waals surface area contributed by atoms with Gasteiger partial charge in [-0.25, -0.2) is 0 Å². The third-order valence-corrected chi connectivity index (χ3v) is 5.67. The van der Waals surface area contributed by atoms with Gasteiger partial charge in [-0.15, -0.1) is 0 Å². The molecule has 0 saturated heterocycles. The Hall–Kier alpha value is -3.36. The van der Waals surface area contributed by atoms with Crippen molar-refractivity contribution in [2.75, 3.05) is 0 Å². The summed E-state index contributed by atoms with van der Waals surface area (Å²) >= 11 is 0. The molecule has 0 radical (unpaired) electrons. The van der Waals surface area contributed by atoms with Gasteiger partial charge in [-0.05, 0) is 31.7 Å². The third kappa shape index (κ3) is 10.6. The number of amides is 2. The fourth-order valence-corrected chi connectivity index (χ4v) is 3.80. The second-order valence-corrected chi connectivity index (χ2v) is 9.36. The van der Waals surface area contributed by atoms with Crippen molar-refractivity contribution in [1.82, 2.24) is 10.6 Å². The molecule has 1 aromatic rings. The Morgan fingerprint density at radius 2 is 1.43 bits per heavy atom. The van der Waals surface area contributed by atoms with Crippen molar-refractivity contribution in [3.05, 3.63) is 35.9 Å². The van der Waals surface area contributed by atoms with Gasteiger partial charge in [-0.1, -0.05) is 51.1 Å². The lowest BCUT2D eigenvalue weighted by Crippen LogP contribution is -2.48. The van der Waals surface area contributed by atoms with Crippen molar-refractivity contribution in [2.24, 2.45) is 17.8 Å². The minimum Gasteiger partial charge on any atom is -0.481 e. The van der Waals surface area contributed by atoms with Crippen LogP contribution in [0.3, 0.4) is 0 Å². The maximum absolute atomic E-state index is 13.3. The summed E-state index contributed by atoms with van der Waals surface area (Å²) in [6, 6.07) is 7.12. The second kappa shape index (κ2) is 14.1. The molecule has 0 saturated carbocycles. The zero-order chi connectivity index (χ0) is 26.7. The zero-order valence-electron chi connectivity index (χ0n) is 21.0. The number of Topliss-reactive ketones (excluding diaryl/α,β-unsaturated/α-hetero) is 3. The van der Waals surface area contributed by atoms with Crippen LogP contribution < -0.4 is 10.6 Å². The average molecular weight is 489 g/mol. The molecule has 2 amide bonds. The van der Waals surface area contributed by atoms with Crippen molar-refractivity contribution in [1.29, 1.82) is 0 Å². The molecule has 1 aromatic carbocycles. The van der Waals surface area contributed by atoms with Crippen LogP contribution >= 0.6 is 0 Å². The molecule has 0 fully saturated rings. The Balaban J connectivity index is 3.12. The Morgan fingerprint density at radius 3 is 1.91 bits per heavy atom. The van der Waals surface area contributed by atoms with E-state index in [-0.39, 0.29) is 30.3 Å². The molecule has 0 heterocycles. The molecule has 35 heavy (non-hydrogen) atoms. The Kier molecular flexibility index (Phi) is 12.0. The van der Waals surface area contributed by atoms with Gasteiger partial charge in [-0.3, -0.25) is 24.0 Å². The standard InChI is InChI=1S/C26H36N2O7/c1-15(2)24(18(5)30)28-26(35)20(14-23(32)33)13-22(31)21(12-19-9-7-6-8-10-19)27-25(34)16(3)11-17(4)29/h6-10,15-16,20-21,24H,11-14H2,1-5H3,(H,27,34)(H,28,35)(H,32,33)/t16?,20-,21-,24-/m0/s1. The summed E-state index contributed by atoms with van der Waals surface area (Å²) < 4.78 is 0. The van der Waals surface area contributed by atoms with Gasteiger partial charge in [0.2, 0.25) is 11.8 Å². The summed E-state index contributed by atoms with van der Waals surface area (Å²) in [6.45, 7) is 7.77. The van der Waals surface area contributed by atoms with E-state index in [2.05, 4.69) is 10.6 Å². The van der Waals surface area contributed by atoms with E-state index in [9.17, 15) is 33.9 Å². The van der Waals surface area contributed by atoms with E-state index >= 15 is 0 Å². The molecular formula is C26H36N2O7. The summed E-state index contributed by atoms with van der Waals surface area (Å²) in [5.74, 6) is -5.49. The van der Waals surface area contributed by atoms with Crippen molar-refractivity contribution < 1.29 is 33.9 Å². The monoisotopic (exact) mass is 488 g/mol. The van der Waals surface area contributed by atoms with Gasteiger partial charge < -0.3 is 20.5 Å². The smallest absolute Gasteiger partial charge is 0.304 e. The molecular weight excluding hydrogens is 452 g/mol. The van der Waals surface area contributed by atoms with Gasteiger partial charge in [-0.2, -0.15) is 0 Å². The van der Waals surface area contributed by atoms with Crippen LogP contribution in [0, 0.1) is 17.8 Å². The van der Waals surface area contributed by atoms with Crippen LogP contribution in [0.1, 0.15) is 59.4 Å². The molecule has 3 N–H and O–H groups in total. The fraction of sp³-hybridized carbons (Fsp3) is 0.538. The number of carbonyl (C=O) groups excluding carboxylic acids is 5. The third-order valence-electron chi connectivity index (χ3n) is 5.67. The summed E-state index contributed by atoms with van der Waals surface area (Å²) in [7, 11) is 0. The highest BCUT2D eigenvalue weighted by molar-refractivity contribution is 5.96. The quantitative estimate of drug-likeness (QED) is 0.343. The number of nitrogens with one attached hydrogen (secondary N) is 2. The van der Waals surface area contributed by atoms with E-state index in [0.717, 1.165) is 5.56 Å². The first-order valence-corrected chi connectivity index (χ1v) is 11.7. The molecule has 9 heteroatoms. The molecule has 1 unspecified atom stereocenters. The van der Waals surface area contributed by atoms with E-state index in [0.29, 0.717) is 0 Å². The first-order chi connectivity index (χ1) is 16.3. The van der Waals surface area contributed by atoms with Crippen LogP contribution in [-0.2, 0) is 35.2 Å². The number of ketones is 3. The van der Waals surface area contributed by atoms with Crippen LogP contribution in [0.5, 0.6) is 0 Å². The van der Waals surface area contributed by atoms with Crippen molar-refractivity contribution in [2.45, 2.75) is 72.4 Å². The van der Waals surface area contributed by atoms with E-state index in [1.807, 2.05) is 0 Å². The van der Waals surface area contributed by atoms with Gasteiger partial charge >= 0.3 is 5.97 Å².